The highest BCUT2D eigenvalue weighted by Gasteiger charge is 2.16. The molecule has 1 amide bonds. The van der Waals surface area contributed by atoms with E-state index in [0.29, 0.717) is 12.5 Å². The van der Waals surface area contributed by atoms with Gasteiger partial charge in [0.05, 0.1) is 0 Å². The molecule has 14 heavy (non-hydrogen) atoms. The summed E-state index contributed by atoms with van der Waals surface area (Å²) in [5, 5.41) is 3.39. The van der Waals surface area contributed by atoms with Crippen LogP contribution in [-0.4, -0.2) is 62.0 Å². The van der Waals surface area contributed by atoms with E-state index in [1.54, 1.807) is 4.90 Å². The maximum Gasteiger partial charge on any atom is 0.223 e. The molecule has 0 bridgehead atoms. The van der Waals surface area contributed by atoms with Crippen molar-refractivity contribution in [3.8, 4) is 0 Å². The Morgan fingerprint density at radius 2 is 2.29 bits per heavy atom. The molecule has 0 aromatic rings. The molecule has 1 aliphatic rings. The van der Waals surface area contributed by atoms with Gasteiger partial charge in [0, 0.05) is 52.7 Å². The Bertz CT molecular complexity index is 194. The Hall–Kier alpha value is -0.610. The Labute approximate surface area is 86.2 Å². The fraction of sp³-hybridized carbons (Fsp3) is 0.900. The minimum absolute atomic E-state index is 0.219. The highest BCUT2D eigenvalue weighted by molar-refractivity contribution is 5.75. The van der Waals surface area contributed by atoms with Gasteiger partial charge >= 0.3 is 0 Å². The monoisotopic (exact) mass is 199 g/mol. The summed E-state index contributed by atoms with van der Waals surface area (Å²) in [5.41, 5.74) is 0. The van der Waals surface area contributed by atoms with Crippen molar-refractivity contribution in [1.82, 2.24) is 15.1 Å². The summed E-state index contributed by atoms with van der Waals surface area (Å²) in [4.78, 5) is 15.4. The van der Waals surface area contributed by atoms with Crippen molar-refractivity contribution in [2.24, 2.45) is 0 Å². The lowest BCUT2D eigenvalue weighted by Gasteiger charge is -2.31. The quantitative estimate of drug-likeness (QED) is 0.681. The summed E-state index contributed by atoms with van der Waals surface area (Å²) < 4.78 is 0. The van der Waals surface area contributed by atoms with Crippen molar-refractivity contribution in [2.75, 3.05) is 40.3 Å². The van der Waals surface area contributed by atoms with Crippen molar-refractivity contribution < 1.29 is 4.79 Å². The molecule has 0 aliphatic carbocycles. The molecule has 4 heteroatoms. The number of hydrogen-bond acceptors (Lipinski definition) is 3. The van der Waals surface area contributed by atoms with Crippen molar-refractivity contribution in [3.05, 3.63) is 0 Å². The van der Waals surface area contributed by atoms with E-state index < -0.39 is 0 Å². The molecular formula is C10H21N3O. The number of piperazine rings is 1. The van der Waals surface area contributed by atoms with Crippen LogP contribution in [0.15, 0.2) is 0 Å². The SMILES string of the molecule is C[C@@H]1CN(CCC(=O)N(C)C)CCN1. The van der Waals surface area contributed by atoms with Gasteiger partial charge in [0.2, 0.25) is 5.91 Å². The molecule has 82 valence electrons. The fourth-order valence-corrected chi connectivity index (χ4v) is 1.69. The van der Waals surface area contributed by atoms with E-state index in [1.807, 2.05) is 14.1 Å². The van der Waals surface area contributed by atoms with Gasteiger partial charge < -0.3 is 15.1 Å². The van der Waals surface area contributed by atoms with Gasteiger partial charge in [-0.25, -0.2) is 0 Å². The van der Waals surface area contributed by atoms with Gasteiger partial charge in [-0.1, -0.05) is 0 Å². The summed E-state index contributed by atoms with van der Waals surface area (Å²) in [6.07, 6.45) is 0.639. The van der Waals surface area contributed by atoms with E-state index in [2.05, 4.69) is 17.1 Å². The normalized spacial score (nSPS) is 23.5. The second-order valence-electron chi connectivity index (χ2n) is 4.19. The summed E-state index contributed by atoms with van der Waals surface area (Å²) in [6.45, 7) is 6.23. The molecular weight excluding hydrogens is 178 g/mol. The number of hydrogen-bond donors (Lipinski definition) is 1. The van der Waals surface area contributed by atoms with Crippen LogP contribution in [-0.2, 0) is 4.79 Å². The van der Waals surface area contributed by atoms with E-state index in [4.69, 9.17) is 0 Å². The molecule has 0 radical (unpaired) electrons. The van der Waals surface area contributed by atoms with Crippen LogP contribution in [0.25, 0.3) is 0 Å². The van der Waals surface area contributed by atoms with Crippen LogP contribution >= 0.6 is 0 Å². The molecule has 0 spiro atoms. The first kappa shape index (κ1) is 11.5. The molecule has 0 aromatic heterocycles. The first-order valence-corrected chi connectivity index (χ1v) is 5.25. The van der Waals surface area contributed by atoms with E-state index >= 15 is 0 Å². The Kier molecular flexibility index (Phi) is 4.35. The first-order valence-electron chi connectivity index (χ1n) is 5.25. The summed E-state index contributed by atoms with van der Waals surface area (Å²) in [5.74, 6) is 0.219. The highest BCUT2D eigenvalue weighted by atomic mass is 16.2. The number of amides is 1. The third kappa shape index (κ3) is 3.64. The maximum absolute atomic E-state index is 11.4. The van der Waals surface area contributed by atoms with Gasteiger partial charge in [-0.15, -0.1) is 0 Å². The van der Waals surface area contributed by atoms with Crippen LogP contribution in [0.3, 0.4) is 0 Å². The molecule has 4 nitrogen and oxygen atoms in total. The minimum Gasteiger partial charge on any atom is -0.349 e. The van der Waals surface area contributed by atoms with Crippen LogP contribution < -0.4 is 5.32 Å². The second kappa shape index (κ2) is 5.32. The van der Waals surface area contributed by atoms with E-state index in [1.165, 1.54) is 0 Å². The Morgan fingerprint density at radius 3 is 2.86 bits per heavy atom. The zero-order valence-corrected chi connectivity index (χ0v) is 9.42. The maximum atomic E-state index is 11.4. The van der Waals surface area contributed by atoms with Gasteiger partial charge in [0.1, 0.15) is 0 Å². The summed E-state index contributed by atoms with van der Waals surface area (Å²) in [7, 11) is 3.62. The van der Waals surface area contributed by atoms with Gasteiger partial charge in [0.25, 0.3) is 0 Å². The summed E-state index contributed by atoms with van der Waals surface area (Å²) >= 11 is 0. The average molecular weight is 199 g/mol. The van der Waals surface area contributed by atoms with Crippen LogP contribution in [0.4, 0.5) is 0 Å². The molecule has 0 saturated carbocycles. The molecule has 0 aromatic carbocycles. The lowest BCUT2D eigenvalue weighted by molar-refractivity contribution is -0.129. The van der Waals surface area contributed by atoms with Gasteiger partial charge in [-0.3, -0.25) is 4.79 Å². The van der Waals surface area contributed by atoms with E-state index in [-0.39, 0.29) is 5.91 Å². The van der Waals surface area contributed by atoms with Gasteiger partial charge in [0.15, 0.2) is 0 Å². The zero-order valence-electron chi connectivity index (χ0n) is 9.42. The predicted octanol–water partition coefficient (Wildman–Crippen LogP) is -0.242. The van der Waals surface area contributed by atoms with Crippen LogP contribution in [0, 0.1) is 0 Å². The molecule has 1 aliphatic heterocycles. The van der Waals surface area contributed by atoms with Crippen molar-refractivity contribution in [1.29, 1.82) is 0 Å². The lowest BCUT2D eigenvalue weighted by atomic mass is 10.2. The Morgan fingerprint density at radius 1 is 1.57 bits per heavy atom. The molecule has 0 unspecified atom stereocenters. The van der Waals surface area contributed by atoms with Gasteiger partial charge in [-0.2, -0.15) is 0 Å². The first-order chi connectivity index (χ1) is 6.59. The molecule has 1 N–H and O–H groups in total. The van der Waals surface area contributed by atoms with Gasteiger partial charge in [-0.05, 0) is 6.92 Å². The molecule has 1 rings (SSSR count). The fourth-order valence-electron chi connectivity index (χ4n) is 1.69. The Balaban J connectivity index is 2.20. The van der Waals surface area contributed by atoms with E-state index in [0.717, 1.165) is 26.2 Å². The largest absolute Gasteiger partial charge is 0.349 e. The lowest BCUT2D eigenvalue weighted by Crippen LogP contribution is -2.49. The average Bonchev–Trinajstić information content (AvgIpc) is 2.14. The van der Waals surface area contributed by atoms with Crippen LogP contribution in [0.2, 0.25) is 0 Å². The molecule has 1 saturated heterocycles. The number of nitrogens with zero attached hydrogens (tertiary/aromatic N) is 2. The minimum atomic E-state index is 0.219. The topological polar surface area (TPSA) is 35.6 Å². The second-order valence-corrected chi connectivity index (χ2v) is 4.19. The van der Waals surface area contributed by atoms with Crippen molar-refractivity contribution in [3.63, 3.8) is 0 Å². The third-order valence-electron chi connectivity index (χ3n) is 2.59. The number of nitrogens with one attached hydrogen (secondary N) is 1. The van der Waals surface area contributed by atoms with Crippen LogP contribution in [0.5, 0.6) is 0 Å². The van der Waals surface area contributed by atoms with E-state index in [9.17, 15) is 4.79 Å². The predicted molar refractivity (Wildman–Crippen MR) is 57.2 cm³/mol. The molecule has 1 heterocycles. The zero-order chi connectivity index (χ0) is 10.6. The van der Waals surface area contributed by atoms with Crippen LogP contribution in [0.1, 0.15) is 13.3 Å². The standard InChI is InChI=1S/C10H21N3O/c1-9-8-13(7-5-11-9)6-4-10(14)12(2)3/h9,11H,4-8H2,1-3H3/t9-/m1/s1. The summed E-state index contributed by atoms with van der Waals surface area (Å²) in [6, 6.07) is 0.554. The van der Waals surface area contributed by atoms with Crippen molar-refractivity contribution in [2.45, 2.75) is 19.4 Å². The highest BCUT2D eigenvalue weighted by Crippen LogP contribution is 2.00. The number of rotatable bonds is 3. The van der Waals surface area contributed by atoms with Crippen molar-refractivity contribution >= 4 is 5.91 Å². The third-order valence-corrected chi connectivity index (χ3v) is 2.59. The smallest absolute Gasteiger partial charge is 0.223 e. The molecule has 1 atom stereocenters. The number of carbonyl (C=O) groups is 1. The molecule has 1 fully saturated rings. The number of carbonyl (C=O) groups excluding carboxylic acids is 1.